The summed E-state index contributed by atoms with van der Waals surface area (Å²) < 4.78 is 5.13. The Morgan fingerprint density at radius 2 is 1.92 bits per heavy atom. The van der Waals surface area contributed by atoms with Crippen LogP contribution < -0.4 is 5.32 Å². The molecule has 4 rings (SSSR count). The lowest BCUT2D eigenvalue weighted by atomic mass is 10.1. The summed E-state index contributed by atoms with van der Waals surface area (Å²) in [7, 11) is 0. The lowest BCUT2D eigenvalue weighted by molar-refractivity contribution is -0.146. The van der Waals surface area contributed by atoms with Crippen molar-refractivity contribution in [3.63, 3.8) is 0 Å². The van der Waals surface area contributed by atoms with Gasteiger partial charge < -0.3 is 15.0 Å². The van der Waals surface area contributed by atoms with E-state index in [-0.39, 0.29) is 18.9 Å². The van der Waals surface area contributed by atoms with E-state index in [1.807, 2.05) is 36.4 Å². The minimum absolute atomic E-state index is 0.135. The standard InChI is InChI=1S/C21H20N2O3/c24-20(23-17-9-8-14-4-3-5-15(14)10-17)13-26-21(25)11-16-12-22-19-7-2-1-6-18(16)19/h1-2,6-10,12,22H,3-5,11,13H2,(H,23,24). The minimum Gasteiger partial charge on any atom is -0.455 e. The third kappa shape index (κ3) is 3.47. The van der Waals surface area contributed by atoms with E-state index in [1.165, 1.54) is 11.1 Å². The van der Waals surface area contributed by atoms with Crippen molar-refractivity contribution in [2.24, 2.45) is 0 Å². The highest BCUT2D eigenvalue weighted by Gasteiger charge is 2.14. The largest absolute Gasteiger partial charge is 0.455 e. The van der Waals surface area contributed by atoms with Gasteiger partial charge in [-0.25, -0.2) is 0 Å². The molecule has 0 bridgehead atoms. The Morgan fingerprint density at radius 3 is 2.85 bits per heavy atom. The number of amides is 1. The molecule has 1 aliphatic carbocycles. The molecule has 132 valence electrons. The van der Waals surface area contributed by atoms with E-state index in [1.54, 1.807) is 6.20 Å². The number of ether oxygens (including phenoxy) is 1. The summed E-state index contributed by atoms with van der Waals surface area (Å²) in [6.07, 6.45) is 5.26. The van der Waals surface area contributed by atoms with Crippen molar-refractivity contribution in [3.05, 3.63) is 65.4 Å². The van der Waals surface area contributed by atoms with Crippen molar-refractivity contribution in [1.29, 1.82) is 0 Å². The van der Waals surface area contributed by atoms with Gasteiger partial charge >= 0.3 is 5.97 Å². The fourth-order valence-electron chi connectivity index (χ4n) is 3.48. The molecule has 0 unspecified atom stereocenters. The number of rotatable bonds is 5. The number of benzene rings is 2. The molecule has 5 nitrogen and oxygen atoms in total. The number of aromatic nitrogens is 1. The smallest absolute Gasteiger partial charge is 0.310 e. The summed E-state index contributed by atoms with van der Waals surface area (Å²) in [5.74, 6) is -0.742. The molecule has 0 saturated carbocycles. The molecule has 1 heterocycles. The molecule has 1 amide bonds. The van der Waals surface area contributed by atoms with Crippen LogP contribution in [0.5, 0.6) is 0 Å². The highest BCUT2D eigenvalue weighted by Crippen LogP contribution is 2.24. The topological polar surface area (TPSA) is 71.2 Å². The van der Waals surface area contributed by atoms with Crippen LogP contribution in [0.25, 0.3) is 10.9 Å². The molecule has 0 fully saturated rings. The number of hydrogen-bond donors (Lipinski definition) is 2. The Kier molecular flexibility index (Phi) is 4.44. The summed E-state index contributed by atoms with van der Waals surface area (Å²) >= 11 is 0. The zero-order valence-electron chi connectivity index (χ0n) is 14.4. The van der Waals surface area contributed by atoms with Gasteiger partial charge in [-0.05, 0) is 54.2 Å². The van der Waals surface area contributed by atoms with E-state index < -0.39 is 5.97 Å². The summed E-state index contributed by atoms with van der Waals surface area (Å²) in [5.41, 5.74) is 5.24. The van der Waals surface area contributed by atoms with Gasteiger partial charge in [-0.15, -0.1) is 0 Å². The number of carbonyl (C=O) groups excluding carboxylic acids is 2. The maximum absolute atomic E-state index is 12.0. The highest BCUT2D eigenvalue weighted by atomic mass is 16.5. The predicted octanol–water partition coefficient (Wildman–Crippen LogP) is 3.38. The zero-order chi connectivity index (χ0) is 17.9. The van der Waals surface area contributed by atoms with Crippen molar-refractivity contribution >= 4 is 28.5 Å². The Bertz CT molecular complexity index is 974. The van der Waals surface area contributed by atoms with Gasteiger partial charge in [-0.2, -0.15) is 0 Å². The van der Waals surface area contributed by atoms with Crippen LogP contribution in [0.2, 0.25) is 0 Å². The Hall–Kier alpha value is -3.08. The van der Waals surface area contributed by atoms with Crippen LogP contribution >= 0.6 is 0 Å². The second-order valence-electron chi connectivity index (χ2n) is 6.58. The third-order valence-electron chi connectivity index (χ3n) is 4.76. The monoisotopic (exact) mass is 348 g/mol. The van der Waals surface area contributed by atoms with Crippen LogP contribution in [0.3, 0.4) is 0 Å². The summed E-state index contributed by atoms with van der Waals surface area (Å²) in [6.45, 7) is -0.279. The number of para-hydroxylation sites is 1. The summed E-state index contributed by atoms with van der Waals surface area (Å²) in [5, 5.41) is 3.79. The highest BCUT2D eigenvalue weighted by molar-refractivity contribution is 5.93. The lowest BCUT2D eigenvalue weighted by Gasteiger charge is -2.08. The Balaban J connectivity index is 1.30. The third-order valence-corrected chi connectivity index (χ3v) is 4.76. The first-order valence-electron chi connectivity index (χ1n) is 8.81. The average molecular weight is 348 g/mol. The van der Waals surface area contributed by atoms with Gasteiger partial charge in [-0.1, -0.05) is 24.3 Å². The van der Waals surface area contributed by atoms with Crippen LogP contribution in [0.4, 0.5) is 5.69 Å². The molecular weight excluding hydrogens is 328 g/mol. The van der Waals surface area contributed by atoms with Crippen molar-refractivity contribution in [1.82, 2.24) is 4.98 Å². The number of carbonyl (C=O) groups is 2. The van der Waals surface area contributed by atoms with Crippen LogP contribution in [0, 0.1) is 0 Å². The Morgan fingerprint density at radius 1 is 1.08 bits per heavy atom. The normalized spacial score (nSPS) is 12.8. The first kappa shape index (κ1) is 16.4. The van der Waals surface area contributed by atoms with Gasteiger partial charge in [0.1, 0.15) is 0 Å². The number of anilines is 1. The molecule has 1 aliphatic rings. The average Bonchev–Trinajstić information content (AvgIpc) is 3.27. The number of aromatic amines is 1. The second kappa shape index (κ2) is 7.04. The fraction of sp³-hybridized carbons (Fsp3) is 0.238. The van der Waals surface area contributed by atoms with Crippen LogP contribution in [-0.2, 0) is 33.6 Å². The number of H-pyrrole nitrogens is 1. The SMILES string of the molecule is O=C(COC(=O)Cc1c[nH]c2ccccc12)Nc1ccc2c(c1)CCC2. The maximum atomic E-state index is 12.0. The molecule has 0 aliphatic heterocycles. The van der Waals surface area contributed by atoms with Gasteiger partial charge in [0.2, 0.25) is 0 Å². The minimum atomic E-state index is -0.418. The molecule has 5 heteroatoms. The van der Waals surface area contributed by atoms with Crippen LogP contribution in [-0.4, -0.2) is 23.5 Å². The molecule has 3 aromatic rings. The van der Waals surface area contributed by atoms with Gasteiger partial charge in [0.05, 0.1) is 6.42 Å². The molecule has 1 aromatic heterocycles. The second-order valence-corrected chi connectivity index (χ2v) is 6.58. The number of aryl methyl sites for hydroxylation is 2. The molecular formula is C21H20N2O3. The van der Waals surface area contributed by atoms with Gasteiger partial charge in [0.25, 0.3) is 5.91 Å². The number of nitrogens with one attached hydrogen (secondary N) is 2. The fourth-order valence-corrected chi connectivity index (χ4v) is 3.48. The van der Waals surface area contributed by atoms with E-state index >= 15 is 0 Å². The van der Waals surface area contributed by atoms with Crippen molar-refractivity contribution in [2.45, 2.75) is 25.7 Å². The van der Waals surface area contributed by atoms with E-state index in [0.717, 1.165) is 41.4 Å². The first-order chi connectivity index (χ1) is 12.7. The molecule has 0 spiro atoms. The lowest BCUT2D eigenvalue weighted by Crippen LogP contribution is -2.21. The zero-order valence-corrected chi connectivity index (χ0v) is 14.4. The summed E-state index contributed by atoms with van der Waals surface area (Å²) in [4.78, 5) is 27.2. The molecule has 0 radical (unpaired) electrons. The van der Waals surface area contributed by atoms with Crippen LogP contribution in [0.1, 0.15) is 23.1 Å². The van der Waals surface area contributed by atoms with E-state index in [0.29, 0.717) is 0 Å². The number of esters is 1. The first-order valence-corrected chi connectivity index (χ1v) is 8.81. The molecule has 0 saturated heterocycles. The Labute approximate surface area is 151 Å². The molecule has 26 heavy (non-hydrogen) atoms. The predicted molar refractivity (Wildman–Crippen MR) is 100 cm³/mol. The van der Waals surface area contributed by atoms with Crippen LogP contribution in [0.15, 0.2) is 48.7 Å². The summed E-state index contributed by atoms with van der Waals surface area (Å²) in [6, 6.07) is 13.7. The van der Waals surface area contributed by atoms with Crippen molar-refractivity contribution < 1.29 is 14.3 Å². The maximum Gasteiger partial charge on any atom is 0.310 e. The van der Waals surface area contributed by atoms with Crippen molar-refractivity contribution in [3.8, 4) is 0 Å². The van der Waals surface area contributed by atoms with Gasteiger partial charge in [0.15, 0.2) is 6.61 Å². The number of hydrogen-bond acceptors (Lipinski definition) is 3. The molecule has 2 N–H and O–H groups in total. The quantitative estimate of drug-likeness (QED) is 0.695. The van der Waals surface area contributed by atoms with Gasteiger partial charge in [-0.3, -0.25) is 9.59 Å². The van der Waals surface area contributed by atoms with Gasteiger partial charge in [0, 0.05) is 22.8 Å². The van der Waals surface area contributed by atoms with E-state index in [4.69, 9.17) is 4.74 Å². The number of fused-ring (bicyclic) bond motifs is 2. The van der Waals surface area contributed by atoms with Crippen molar-refractivity contribution in [2.75, 3.05) is 11.9 Å². The molecule has 0 atom stereocenters. The molecule has 2 aromatic carbocycles. The van der Waals surface area contributed by atoms with E-state index in [2.05, 4.69) is 16.4 Å². The van der Waals surface area contributed by atoms with E-state index in [9.17, 15) is 9.59 Å².